The lowest BCUT2D eigenvalue weighted by Gasteiger charge is -2.37. The standard InChI is InChI=1S/C27H31N3O.C3H6O2/c28-19-30-15-14-24-23-12-6-7-13-25(23)29-27(24)26(31-18-20-8-2-1-3-9-20)16-21-10-4-5-11-22(21)17-30;1-3(4)5-2/h1-3,6-9,12-13,21-22,26,29H,4-5,10-11,14-18H2;1-2H3. The molecule has 0 amide bonds. The monoisotopic (exact) mass is 487 g/mol. The number of esters is 1. The van der Waals surface area contributed by atoms with Gasteiger partial charge in [0.1, 0.15) is 0 Å². The van der Waals surface area contributed by atoms with E-state index in [1.165, 1.54) is 67.4 Å². The third-order valence-corrected chi connectivity index (χ3v) is 7.56. The van der Waals surface area contributed by atoms with Gasteiger partial charge in [-0.15, -0.1) is 0 Å². The quantitative estimate of drug-likeness (QED) is 0.355. The van der Waals surface area contributed by atoms with Crippen LogP contribution in [0.15, 0.2) is 54.6 Å². The molecule has 1 saturated carbocycles. The number of rotatable bonds is 3. The van der Waals surface area contributed by atoms with Gasteiger partial charge in [0.05, 0.1) is 19.8 Å². The number of H-pyrrole nitrogens is 1. The van der Waals surface area contributed by atoms with Gasteiger partial charge in [-0.05, 0) is 48.3 Å². The number of nitrogens with zero attached hydrogens (tertiary/aromatic N) is 2. The zero-order valence-electron chi connectivity index (χ0n) is 21.4. The molecule has 3 aromatic rings. The molecule has 2 heterocycles. The first-order valence-corrected chi connectivity index (χ1v) is 13.0. The second-order valence-electron chi connectivity index (χ2n) is 9.88. The zero-order chi connectivity index (χ0) is 25.3. The van der Waals surface area contributed by atoms with Crippen LogP contribution in [0.2, 0.25) is 0 Å². The maximum atomic E-state index is 9.78. The summed E-state index contributed by atoms with van der Waals surface area (Å²) in [5.41, 5.74) is 4.93. The van der Waals surface area contributed by atoms with E-state index in [4.69, 9.17) is 4.74 Å². The van der Waals surface area contributed by atoms with Crippen molar-refractivity contribution < 1.29 is 14.3 Å². The Morgan fingerprint density at radius 1 is 1.08 bits per heavy atom. The molecule has 1 aliphatic heterocycles. The smallest absolute Gasteiger partial charge is 0.302 e. The SMILES string of the molecule is COC(C)=O.N#CN1CCc2c([nH]c3ccccc23)C(OCc2ccccc2)CC2CCCCC2C1. The summed E-state index contributed by atoms with van der Waals surface area (Å²) in [4.78, 5) is 15.3. The van der Waals surface area contributed by atoms with E-state index in [0.29, 0.717) is 18.4 Å². The van der Waals surface area contributed by atoms with Crippen molar-refractivity contribution in [1.82, 2.24) is 9.88 Å². The van der Waals surface area contributed by atoms with Gasteiger partial charge in [0.25, 0.3) is 0 Å². The van der Waals surface area contributed by atoms with Gasteiger partial charge in [0.2, 0.25) is 0 Å². The zero-order valence-corrected chi connectivity index (χ0v) is 21.4. The highest BCUT2D eigenvalue weighted by atomic mass is 16.5. The number of nitrogens with one attached hydrogen (secondary N) is 1. The minimum atomic E-state index is -0.245. The molecular formula is C30H37N3O3. The molecule has 1 fully saturated rings. The van der Waals surface area contributed by atoms with E-state index in [2.05, 4.69) is 70.5 Å². The van der Waals surface area contributed by atoms with Crippen LogP contribution in [0.25, 0.3) is 10.9 Å². The molecule has 36 heavy (non-hydrogen) atoms. The number of fused-ring (bicyclic) bond motifs is 4. The van der Waals surface area contributed by atoms with Crippen molar-refractivity contribution in [2.75, 3.05) is 20.2 Å². The van der Waals surface area contributed by atoms with Crippen LogP contribution in [0.1, 0.15) is 62.0 Å². The summed E-state index contributed by atoms with van der Waals surface area (Å²) in [5, 5.41) is 11.0. The van der Waals surface area contributed by atoms with Crippen LogP contribution in [-0.2, 0) is 27.3 Å². The summed E-state index contributed by atoms with van der Waals surface area (Å²) < 4.78 is 10.8. The number of aromatic nitrogens is 1. The second kappa shape index (κ2) is 12.6. The van der Waals surface area contributed by atoms with E-state index in [0.717, 1.165) is 25.9 Å². The Hall–Kier alpha value is -3.30. The highest BCUT2D eigenvalue weighted by Crippen LogP contribution is 2.41. The van der Waals surface area contributed by atoms with Crippen molar-refractivity contribution in [3.05, 3.63) is 71.4 Å². The number of para-hydroxylation sites is 1. The van der Waals surface area contributed by atoms with Gasteiger partial charge >= 0.3 is 5.97 Å². The third kappa shape index (κ3) is 6.47. The van der Waals surface area contributed by atoms with Gasteiger partial charge in [-0.1, -0.05) is 67.8 Å². The molecule has 2 aliphatic rings. The highest BCUT2D eigenvalue weighted by molar-refractivity contribution is 5.84. The average molecular weight is 488 g/mol. The molecule has 3 atom stereocenters. The minimum Gasteiger partial charge on any atom is -0.469 e. The molecule has 2 aromatic carbocycles. The molecule has 1 N–H and O–H groups in total. The lowest BCUT2D eigenvalue weighted by atomic mass is 9.75. The lowest BCUT2D eigenvalue weighted by molar-refractivity contribution is -0.137. The van der Waals surface area contributed by atoms with Crippen molar-refractivity contribution in [3.63, 3.8) is 0 Å². The first-order chi connectivity index (χ1) is 17.6. The minimum absolute atomic E-state index is 0.0573. The topological polar surface area (TPSA) is 78.4 Å². The first kappa shape index (κ1) is 25.8. The molecule has 190 valence electrons. The molecule has 5 rings (SSSR count). The number of aromatic amines is 1. The van der Waals surface area contributed by atoms with Crippen LogP contribution in [-0.4, -0.2) is 36.1 Å². The summed E-state index contributed by atoms with van der Waals surface area (Å²) >= 11 is 0. The number of hydrogen-bond acceptors (Lipinski definition) is 5. The summed E-state index contributed by atoms with van der Waals surface area (Å²) in [6.45, 7) is 3.66. The van der Waals surface area contributed by atoms with E-state index in [1.54, 1.807) is 0 Å². The van der Waals surface area contributed by atoms with Crippen molar-refractivity contribution >= 4 is 16.9 Å². The highest BCUT2D eigenvalue weighted by Gasteiger charge is 2.33. The van der Waals surface area contributed by atoms with Crippen molar-refractivity contribution in [3.8, 4) is 6.19 Å². The van der Waals surface area contributed by atoms with E-state index in [9.17, 15) is 10.1 Å². The number of carbonyl (C=O) groups is 1. The Morgan fingerprint density at radius 3 is 2.50 bits per heavy atom. The Balaban J connectivity index is 0.000000556. The van der Waals surface area contributed by atoms with Crippen molar-refractivity contribution in [1.29, 1.82) is 5.26 Å². The summed E-state index contributed by atoms with van der Waals surface area (Å²) in [6, 6.07) is 19.0. The van der Waals surface area contributed by atoms with Gasteiger partial charge in [-0.2, -0.15) is 5.26 Å². The van der Waals surface area contributed by atoms with Gasteiger partial charge in [-0.25, -0.2) is 0 Å². The van der Waals surface area contributed by atoms with Crippen LogP contribution in [0.3, 0.4) is 0 Å². The van der Waals surface area contributed by atoms with Crippen LogP contribution < -0.4 is 0 Å². The number of benzene rings is 2. The number of nitriles is 1. The van der Waals surface area contributed by atoms with Crippen molar-refractivity contribution in [2.24, 2.45) is 11.8 Å². The Kier molecular flexibility index (Phi) is 9.02. The molecule has 0 saturated heterocycles. The van der Waals surface area contributed by atoms with Gasteiger partial charge in [0.15, 0.2) is 6.19 Å². The van der Waals surface area contributed by atoms with Crippen LogP contribution in [0.4, 0.5) is 0 Å². The van der Waals surface area contributed by atoms with Crippen LogP contribution in [0, 0.1) is 23.3 Å². The van der Waals surface area contributed by atoms with E-state index in [-0.39, 0.29) is 12.1 Å². The fourth-order valence-corrected chi connectivity index (χ4v) is 5.63. The fourth-order valence-electron chi connectivity index (χ4n) is 5.63. The molecule has 0 spiro atoms. The Bertz CT molecular complexity index is 1170. The number of hydrogen-bond donors (Lipinski definition) is 1. The van der Waals surface area contributed by atoms with Crippen molar-refractivity contribution in [2.45, 2.75) is 58.2 Å². The summed E-state index contributed by atoms with van der Waals surface area (Å²) in [6.07, 6.45) is 9.47. The molecule has 1 aliphatic carbocycles. The number of carbonyl (C=O) groups excluding carboxylic acids is 1. The predicted octanol–water partition coefficient (Wildman–Crippen LogP) is 6.14. The molecule has 6 nitrogen and oxygen atoms in total. The fraction of sp³-hybridized carbons (Fsp3) is 0.467. The summed E-state index contributed by atoms with van der Waals surface area (Å²) in [7, 11) is 1.35. The average Bonchev–Trinajstić information content (AvgIpc) is 3.29. The number of methoxy groups -OCH3 is 1. The molecule has 1 aromatic heterocycles. The van der Waals surface area contributed by atoms with Gasteiger partial charge < -0.3 is 19.4 Å². The molecule has 0 bridgehead atoms. The number of ether oxygens (including phenoxy) is 2. The second-order valence-corrected chi connectivity index (χ2v) is 9.88. The van der Waals surface area contributed by atoms with Crippen LogP contribution in [0.5, 0.6) is 0 Å². The maximum absolute atomic E-state index is 9.78. The molecule has 6 heteroatoms. The molecule has 0 radical (unpaired) electrons. The normalized spacial score (nSPS) is 21.8. The molecule has 3 unspecified atom stereocenters. The van der Waals surface area contributed by atoms with E-state index < -0.39 is 0 Å². The molecular weight excluding hydrogens is 450 g/mol. The van der Waals surface area contributed by atoms with Crippen LogP contribution >= 0.6 is 0 Å². The largest absolute Gasteiger partial charge is 0.469 e. The lowest BCUT2D eigenvalue weighted by Crippen LogP contribution is -2.35. The predicted molar refractivity (Wildman–Crippen MR) is 141 cm³/mol. The first-order valence-electron chi connectivity index (χ1n) is 13.0. The van der Waals surface area contributed by atoms with E-state index >= 15 is 0 Å². The third-order valence-electron chi connectivity index (χ3n) is 7.56. The Morgan fingerprint density at radius 2 is 1.78 bits per heavy atom. The van der Waals surface area contributed by atoms with Gasteiger partial charge in [0, 0.05) is 36.6 Å². The van der Waals surface area contributed by atoms with E-state index in [1.807, 2.05) is 4.90 Å². The maximum Gasteiger partial charge on any atom is 0.302 e. The van der Waals surface area contributed by atoms with Gasteiger partial charge in [-0.3, -0.25) is 4.79 Å². The summed E-state index contributed by atoms with van der Waals surface area (Å²) in [5.74, 6) is 0.940. The Labute approximate surface area is 214 Å².